The summed E-state index contributed by atoms with van der Waals surface area (Å²) in [4.78, 5) is 12.1. The first kappa shape index (κ1) is 16.6. The maximum atomic E-state index is 12.1. The molecule has 0 unspecified atom stereocenters. The third kappa shape index (κ3) is 3.82. The van der Waals surface area contributed by atoms with Gasteiger partial charge in [-0.2, -0.15) is 0 Å². The molecule has 1 aromatic carbocycles. The first-order chi connectivity index (χ1) is 11.1. The summed E-state index contributed by atoms with van der Waals surface area (Å²) in [5.41, 5.74) is 0.514. The molecule has 0 atom stereocenters. The Bertz CT molecular complexity index is 730. The minimum atomic E-state index is -0.155. The summed E-state index contributed by atoms with van der Waals surface area (Å²) in [6, 6.07) is 5.14. The maximum absolute atomic E-state index is 12.1. The molecular weight excluding hydrogens is 355 g/mol. The van der Waals surface area contributed by atoms with Crippen LogP contribution in [0.25, 0.3) is 0 Å². The molecule has 1 amide bonds. The topological polar surface area (TPSA) is 59.8 Å². The summed E-state index contributed by atoms with van der Waals surface area (Å²) in [7, 11) is 0. The van der Waals surface area contributed by atoms with E-state index in [1.165, 1.54) is 24.6 Å². The highest BCUT2D eigenvalue weighted by Crippen LogP contribution is 2.40. The Morgan fingerprint density at radius 3 is 2.87 bits per heavy atom. The molecule has 0 spiro atoms. The number of amides is 1. The minimum Gasteiger partial charge on any atom is -0.324 e. The zero-order chi connectivity index (χ0) is 16.4. The van der Waals surface area contributed by atoms with Crippen molar-refractivity contribution in [2.75, 3.05) is 11.1 Å². The fourth-order valence-electron chi connectivity index (χ4n) is 2.26. The number of halogens is 2. The maximum Gasteiger partial charge on any atom is 0.234 e. The van der Waals surface area contributed by atoms with Gasteiger partial charge in [0.2, 0.25) is 5.91 Å². The molecule has 0 bridgehead atoms. The van der Waals surface area contributed by atoms with Crippen molar-refractivity contribution in [3.63, 3.8) is 0 Å². The van der Waals surface area contributed by atoms with Crippen LogP contribution >= 0.6 is 35.0 Å². The zero-order valence-electron chi connectivity index (χ0n) is 12.6. The molecule has 23 heavy (non-hydrogen) atoms. The van der Waals surface area contributed by atoms with Gasteiger partial charge >= 0.3 is 0 Å². The molecule has 1 aliphatic carbocycles. The van der Waals surface area contributed by atoms with Gasteiger partial charge in [-0.05, 0) is 31.9 Å². The highest BCUT2D eigenvalue weighted by Gasteiger charge is 2.30. The fourth-order valence-corrected chi connectivity index (χ4v) is 3.42. The number of anilines is 1. The van der Waals surface area contributed by atoms with E-state index in [1.807, 2.05) is 0 Å². The van der Waals surface area contributed by atoms with Crippen molar-refractivity contribution in [1.29, 1.82) is 0 Å². The zero-order valence-corrected chi connectivity index (χ0v) is 14.9. The number of carbonyl (C=O) groups excluding carboxylic acids is 1. The van der Waals surface area contributed by atoms with Gasteiger partial charge < -0.3 is 9.88 Å². The molecule has 1 fully saturated rings. The SMILES string of the molecule is CCn1c(SCC(=O)Nc2cccc(Cl)c2Cl)nnc1C1CC1. The quantitative estimate of drug-likeness (QED) is 0.773. The van der Waals surface area contributed by atoms with E-state index in [4.69, 9.17) is 23.2 Å². The molecule has 1 saturated carbocycles. The van der Waals surface area contributed by atoms with E-state index >= 15 is 0 Å². The number of nitrogens with zero attached hydrogens (tertiary/aromatic N) is 3. The van der Waals surface area contributed by atoms with Gasteiger partial charge in [0.25, 0.3) is 0 Å². The van der Waals surface area contributed by atoms with E-state index in [0.29, 0.717) is 21.7 Å². The predicted octanol–water partition coefficient (Wildman–Crippen LogP) is 4.21. The van der Waals surface area contributed by atoms with Crippen LogP contribution in [0.4, 0.5) is 5.69 Å². The highest BCUT2D eigenvalue weighted by atomic mass is 35.5. The number of aromatic nitrogens is 3. The van der Waals surface area contributed by atoms with Crippen LogP contribution in [0.3, 0.4) is 0 Å². The van der Waals surface area contributed by atoms with Gasteiger partial charge in [-0.1, -0.05) is 41.0 Å². The number of thioether (sulfide) groups is 1. The second-order valence-corrected chi connectivity index (χ2v) is 7.03. The molecule has 122 valence electrons. The van der Waals surface area contributed by atoms with Crippen molar-refractivity contribution in [2.45, 2.75) is 37.4 Å². The molecular formula is C15H16Cl2N4OS. The molecule has 3 rings (SSSR count). The summed E-state index contributed by atoms with van der Waals surface area (Å²) < 4.78 is 2.09. The van der Waals surface area contributed by atoms with Gasteiger partial charge in [-0.3, -0.25) is 4.79 Å². The second kappa shape index (κ2) is 7.11. The summed E-state index contributed by atoms with van der Waals surface area (Å²) in [5, 5.41) is 12.8. The highest BCUT2D eigenvalue weighted by molar-refractivity contribution is 7.99. The van der Waals surface area contributed by atoms with Crippen molar-refractivity contribution < 1.29 is 4.79 Å². The van der Waals surface area contributed by atoms with Crippen molar-refractivity contribution in [3.05, 3.63) is 34.1 Å². The van der Waals surface area contributed by atoms with E-state index in [9.17, 15) is 4.79 Å². The average Bonchev–Trinajstić information content (AvgIpc) is 3.30. The van der Waals surface area contributed by atoms with E-state index in [2.05, 4.69) is 27.0 Å². The van der Waals surface area contributed by atoms with Gasteiger partial charge in [-0.15, -0.1) is 10.2 Å². The van der Waals surface area contributed by atoms with Crippen molar-refractivity contribution in [1.82, 2.24) is 14.8 Å². The van der Waals surface area contributed by atoms with Crippen molar-refractivity contribution >= 4 is 46.6 Å². The van der Waals surface area contributed by atoms with Gasteiger partial charge in [0.1, 0.15) is 5.82 Å². The van der Waals surface area contributed by atoms with Crippen LogP contribution < -0.4 is 5.32 Å². The molecule has 0 radical (unpaired) electrons. The number of hydrogen-bond donors (Lipinski definition) is 1. The van der Waals surface area contributed by atoms with Crippen LogP contribution in [0.15, 0.2) is 23.4 Å². The lowest BCUT2D eigenvalue weighted by atomic mass is 10.3. The van der Waals surface area contributed by atoms with Crippen LogP contribution in [0.5, 0.6) is 0 Å². The summed E-state index contributed by atoms with van der Waals surface area (Å²) in [5.74, 6) is 1.66. The molecule has 2 aromatic rings. The summed E-state index contributed by atoms with van der Waals surface area (Å²) in [6.07, 6.45) is 2.35. The van der Waals surface area contributed by atoms with Gasteiger partial charge in [-0.25, -0.2) is 0 Å². The minimum absolute atomic E-state index is 0.155. The fraction of sp³-hybridized carbons (Fsp3) is 0.400. The lowest BCUT2D eigenvalue weighted by molar-refractivity contribution is -0.113. The second-order valence-electron chi connectivity index (χ2n) is 5.30. The average molecular weight is 371 g/mol. The van der Waals surface area contributed by atoms with Gasteiger partial charge in [0.15, 0.2) is 5.16 Å². The summed E-state index contributed by atoms with van der Waals surface area (Å²) >= 11 is 13.4. The van der Waals surface area contributed by atoms with Crippen LogP contribution in [0, 0.1) is 0 Å². The molecule has 1 aromatic heterocycles. The molecule has 5 nitrogen and oxygen atoms in total. The number of rotatable bonds is 6. The largest absolute Gasteiger partial charge is 0.324 e. The number of nitrogens with one attached hydrogen (secondary N) is 1. The molecule has 1 heterocycles. The molecule has 0 aliphatic heterocycles. The van der Waals surface area contributed by atoms with Crippen LogP contribution in [0.1, 0.15) is 31.5 Å². The Hall–Kier alpha value is -1.24. The van der Waals surface area contributed by atoms with Crippen LogP contribution in [0.2, 0.25) is 10.0 Å². The van der Waals surface area contributed by atoms with E-state index in [1.54, 1.807) is 18.2 Å². The lowest BCUT2D eigenvalue weighted by Crippen LogP contribution is -2.15. The first-order valence-electron chi connectivity index (χ1n) is 7.40. The Labute approximate surface area is 148 Å². The summed E-state index contributed by atoms with van der Waals surface area (Å²) in [6.45, 7) is 2.87. The van der Waals surface area contributed by atoms with E-state index in [-0.39, 0.29) is 11.7 Å². The molecule has 1 N–H and O–H groups in total. The first-order valence-corrected chi connectivity index (χ1v) is 9.14. The van der Waals surface area contributed by atoms with Gasteiger partial charge in [0.05, 0.1) is 21.5 Å². The molecule has 8 heteroatoms. The van der Waals surface area contributed by atoms with Gasteiger partial charge in [0, 0.05) is 12.5 Å². The standard InChI is InChI=1S/C15H16Cl2N4OS/c1-2-21-14(9-6-7-9)19-20-15(21)23-8-12(22)18-11-5-3-4-10(16)13(11)17/h3-5,9H,2,6-8H2,1H3,(H,18,22). The number of carbonyl (C=O) groups is 1. The normalized spacial score (nSPS) is 14.0. The van der Waals surface area contributed by atoms with Crippen molar-refractivity contribution in [2.24, 2.45) is 0 Å². The van der Waals surface area contributed by atoms with Crippen LogP contribution in [-0.2, 0) is 11.3 Å². The lowest BCUT2D eigenvalue weighted by Gasteiger charge is -2.09. The monoisotopic (exact) mass is 370 g/mol. The van der Waals surface area contributed by atoms with E-state index < -0.39 is 0 Å². The molecule has 1 aliphatic rings. The Morgan fingerprint density at radius 2 is 2.17 bits per heavy atom. The van der Waals surface area contributed by atoms with Crippen LogP contribution in [-0.4, -0.2) is 26.4 Å². The third-order valence-corrected chi connectivity index (χ3v) is 5.35. The van der Waals surface area contributed by atoms with E-state index in [0.717, 1.165) is 17.5 Å². The Morgan fingerprint density at radius 1 is 1.39 bits per heavy atom. The number of hydrogen-bond acceptors (Lipinski definition) is 4. The Kier molecular flexibility index (Phi) is 5.14. The molecule has 0 saturated heterocycles. The van der Waals surface area contributed by atoms with Crippen molar-refractivity contribution in [3.8, 4) is 0 Å². The number of benzene rings is 1. The predicted molar refractivity (Wildman–Crippen MR) is 93.5 cm³/mol. The Balaban J connectivity index is 1.62. The smallest absolute Gasteiger partial charge is 0.234 e. The third-order valence-electron chi connectivity index (χ3n) is 3.56.